The summed E-state index contributed by atoms with van der Waals surface area (Å²) in [4.78, 5) is 0. The zero-order chi connectivity index (χ0) is 38.7. The van der Waals surface area contributed by atoms with E-state index in [1.807, 2.05) is 24.3 Å². The predicted octanol–water partition coefficient (Wildman–Crippen LogP) is 14.7. The molecule has 3 aromatic carbocycles. The van der Waals surface area contributed by atoms with E-state index in [1.54, 1.807) is 0 Å². The van der Waals surface area contributed by atoms with Crippen LogP contribution in [0.4, 0.5) is 8.78 Å². The smallest absolute Gasteiger partial charge is 0.123 e. The molecule has 0 amide bonds. The number of halogens is 2. The van der Waals surface area contributed by atoms with Crippen LogP contribution in [0.5, 0.6) is 0 Å². The first-order valence-corrected chi connectivity index (χ1v) is 18.9. The molecule has 0 aromatic heterocycles. The number of rotatable bonds is 4. The average Bonchev–Trinajstić information content (AvgIpc) is 3.40. The van der Waals surface area contributed by atoms with E-state index in [-0.39, 0.29) is 33.3 Å². The minimum atomic E-state index is -0.297. The molecular weight excluding hydrogens is 651 g/mol. The second-order valence-electron chi connectivity index (χ2n) is 18.8. The van der Waals surface area contributed by atoms with Gasteiger partial charge >= 0.3 is 0 Å². The van der Waals surface area contributed by atoms with Crippen molar-refractivity contribution < 1.29 is 8.78 Å². The van der Waals surface area contributed by atoms with Crippen molar-refractivity contribution in [3.63, 3.8) is 0 Å². The van der Waals surface area contributed by atoms with Gasteiger partial charge in [-0.1, -0.05) is 111 Å². The van der Waals surface area contributed by atoms with Crippen LogP contribution in [0.2, 0.25) is 0 Å². The summed E-state index contributed by atoms with van der Waals surface area (Å²) >= 11 is 0. The topological polar surface area (TPSA) is 0 Å². The molecule has 0 atom stereocenters. The Morgan fingerprint density at radius 3 is 1.51 bits per heavy atom. The number of fused-ring (bicyclic) bond motifs is 2. The summed E-state index contributed by atoms with van der Waals surface area (Å²) in [7, 11) is 0. The Morgan fingerprint density at radius 1 is 0.528 bits per heavy atom. The van der Waals surface area contributed by atoms with E-state index in [1.165, 1.54) is 68.8 Å². The lowest BCUT2D eigenvalue weighted by molar-refractivity contribution is 0.568. The number of allylic oxidation sites excluding steroid dienone is 5. The van der Waals surface area contributed by atoms with E-state index in [0.29, 0.717) is 0 Å². The molecule has 0 nitrogen and oxygen atoms in total. The van der Waals surface area contributed by atoms with Gasteiger partial charge in [0.15, 0.2) is 0 Å². The highest BCUT2D eigenvalue weighted by Crippen LogP contribution is 2.51. The van der Waals surface area contributed by atoms with Gasteiger partial charge in [-0.05, 0) is 136 Å². The van der Waals surface area contributed by atoms with Crippen molar-refractivity contribution in [2.75, 3.05) is 0 Å². The molecule has 3 aliphatic rings. The van der Waals surface area contributed by atoms with E-state index in [4.69, 9.17) is 0 Å². The molecule has 3 aliphatic carbocycles. The van der Waals surface area contributed by atoms with Gasteiger partial charge in [-0.2, -0.15) is 0 Å². The summed E-state index contributed by atoms with van der Waals surface area (Å²) in [5.41, 5.74) is 15.6. The number of hydrogen-bond donors (Lipinski definition) is 0. The molecule has 2 heteroatoms. The van der Waals surface area contributed by atoms with E-state index < -0.39 is 0 Å². The van der Waals surface area contributed by atoms with Crippen LogP contribution in [0.3, 0.4) is 0 Å². The summed E-state index contributed by atoms with van der Waals surface area (Å²) in [5.74, 6) is -0.594. The van der Waals surface area contributed by atoms with Gasteiger partial charge in [0.2, 0.25) is 0 Å². The van der Waals surface area contributed by atoms with Gasteiger partial charge < -0.3 is 0 Å². The normalized spacial score (nSPS) is 14.6. The molecular formula is C51H55F2+. The Morgan fingerprint density at radius 2 is 1.02 bits per heavy atom. The average molecular weight is 706 g/mol. The lowest BCUT2D eigenvalue weighted by Gasteiger charge is -2.19. The summed E-state index contributed by atoms with van der Waals surface area (Å²) < 4.78 is 28.8. The van der Waals surface area contributed by atoms with Crippen molar-refractivity contribution >= 4 is 22.3 Å². The highest BCUT2D eigenvalue weighted by atomic mass is 19.1. The SMILES string of the molecule is CC(C)(C)C1=C/C(=C(/C=C(c2ccc(F)cc2)c2ccc(F)cc2)c2cc(C(C)(C)C)c3ccc(C(C)(C)C)ccc2-3)[c+]2ccc(C(C)(C)C)ccc21. The summed E-state index contributed by atoms with van der Waals surface area (Å²) in [5, 5.41) is 0. The zero-order valence-corrected chi connectivity index (χ0v) is 33.7. The molecule has 0 aliphatic heterocycles. The van der Waals surface area contributed by atoms with Crippen LogP contribution in [0, 0.1) is 17.0 Å². The molecule has 0 saturated carbocycles. The minimum absolute atomic E-state index is 0.0215. The van der Waals surface area contributed by atoms with Crippen LogP contribution in [-0.4, -0.2) is 0 Å². The van der Waals surface area contributed by atoms with Crippen molar-refractivity contribution in [1.29, 1.82) is 0 Å². The third-order valence-electron chi connectivity index (χ3n) is 10.6. The van der Waals surface area contributed by atoms with Crippen LogP contribution in [0.25, 0.3) is 33.4 Å². The van der Waals surface area contributed by atoms with Crippen molar-refractivity contribution in [2.24, 2.45) is 5.41 Å². The summed E-state index contributed by atoms with van der Waals surface area (Å²) in [6.07, 6.45) is 4.65. The van der Waals surface area contributed by atoms with Crippen LogP contribution < -0.4 is 0 Å². The first-order valence-electron chi connectivity index (χ1n) is 18.9. The standard InChI is InChI=1S/C51H55F2/c1-48(2,3)34-17-25-38-40(27-19-34)46(50(7,8)9)30-44(38)43(29-42(32-13-21-36(52)22-14-32)33-15-23-37(53)24-16-33)45-31-47(51(10,11)12)41-28-20-35(49(4,5)6)18-26-39(41)45/h13-31H,1-12H3/q+1/b44-43+. The van der Waals surface area contributed by atoms with E-state index >= 15 is 0 Å². The summed E-state index contributed by atoms with van der Waals surface area (Å²) in [6, 6.07) is 34.0. The Bertz CT molecular complexity index is 2190. The second kappa shape index (κ2) is 13.6. The van der Waals surface area contributed by atoms with Crippen molar-refractivity contribution in [3.05, 3.63) is 171 Å². The Balaban J connectivity index is 1.82. The molecule has 53 heavy (non-hydrogen) atoms. The third kappa shape index (κ3) is 7.84. The Labute approximate surface area is 317 Å². The molecule has 0 unspecified atom stereocenters. The van der Waals surface area contributed by atoms with Gasteiger partial charge in [-0.3, -0.25) is 0 Å². The lowest BCUT2D eigenvalue weighted by atomic mass is 9.83. The van der Waals surface area contributed by atoms with Gasteiger partial charge in [-0.15, -0.1) is 0 Å². The largest absolute Gasteiger partial charge is 0.207 e. The molecule has 0 saturated heterocycles. The van der Waals surface area contributed by atoms with Gasteiger partial charge in [0.1, 0.15) is 11.6 Å². The van der Waals surface area contributed by atoms with Crippen LogP contribution in [-0.2, 0) is 16.2 Å². The van der Waals surface area contributed by atoms with E-state index in [9.17, 15) is 8.78 Å². The minimum Gasteiger partial charge on any atom is -0.207 e. The highest BCUT2D eigenvalue weighted by molar-refractivity contribution is 6.13. The fourth-order valence-electron chi connectivity index (χ4n) is 7.43. The quantitative estimate of drug-likeness (QED) is 0.163. The molecule has 272 valence electrons. The molecule has 3 aromatic rings. The molecule has 0 bridgehead atoms. The zero-order valence-electron chi connectivity index (χ0n) is 33.7. The summed E-state index contributed by atoms with van der Waals surface area (Å²) in [6.45, 7) is 27.2. The van der Waals surface area contributed by atoms with Crippen LogP contribution in [0.15, 0.2) is 115 Å². The third-order valence-corrected chi connectivity index (χ3v) is 10.6. The molecule has 0 heterocycles. The number of hydrogen-bond acceptors (Lipinski definition) is 0. The van der Waals surface area contributed by atoms with Crippen molar-refractivity contribution in [1.82, 2.24) is 0 Å². The highest BCUT2D eigenvalue weighted by Gasteiger charge is 2.36. The maximum atomic E-state index is 14.4. The van der Waals surface area contributed by atoms with Gasteiger partial charge in [-0.25, -0.2) is 8.78 Å². The lowest BCUT2D eigenvalue weighted by Crippen LogP contribution is -2.10. The molecule has 0 radical (unpaired) electrons. The van der Waals surface area contributed by atoms with Gasteiger partial charge in [0.25, 0.3) is 0 Å². The maximum absolute atomic E-state index is 14.4. The number of benzene rings is 2. The van der Waals surface area contributed by atoms with Crippen molar-refractivity contribution in [2.45, 2.75) is 99.3 Å². The fraction of sp³-hybridized carbons (Fsp3) is 0.314. The van der Waals surface area contributed by atoms with E-state index in [0.717, 1.165) is 33.4 Å². The second-order valence-corrected chi connectivity index (χ2v) is 18.8. The van der Waals surface area contributed by atoms with Gasteiger partial charge in [0, 0.05) is 34.3 Å². The van der Waals surface area contributed by atoms with Crippen LogP contribution in [0.1, 0.15) is 128 Å². The van der Waals surface area contributed by atoms with E-state index in [2.05, 4.69) is 150 Å². The maximum Gasteiger partial charge on any atom is 0.123 e. The molecule has 0 N–H and O–H groups in total. The molecule has 0 spiro atoms. The molecule has 6 rings (SSSR count). The van der Waals surface area contributed by atoms with Gasteiger partial charge in [0.05, 0.1) is 16.7 Å². The Kier molecular flexibility index (Phi) is 9.78. The monoisotopic (exact) mass is 705 g/mol. The fourth-order valence-corrected chi connectivity index (χ4v) is 7.43. The van der Waals surface area contributed by atoms with Crippen molar-refractivity contribution in [3.8, 4) is 11.1 Å². The first-order chi connectivity index (χ1) is 24.6. The Hall–Kier alpha value is -4.69. The van der Waals surface area contributed by atoms with Crippen LogP contribution >= 0.6 is 0 Å². The molecule has 0 fully saturated rings. The first kappa shape index (κ1) is 38.0. The predicted molar refractivity (Wildman–Crippen MR) is 224 cm³/mol.